The summed E-state index contributed by atoms with van der Waals surface area (Å²) in [4.78, 5) is 24.8. The first kappa shape index (κ1) is 15.8. The molecule has 134 valence electrons. The van der Waals surface area contributed by atoms with Crippen molar-refractivity contribution in [2.45, 2.75) is 44.1 Å². The molecule has 8 heteroatoms. The third-order valence-electron chi connectivity index (χ3n) is 5.07. The minimum atomic E-state index is -0.293. The maximum Gasteiger partial charge on any atom is 0.248 e. The zero-order valence-electron chi connectivity index (χ0n) is 14.2. The van der Waals surface area contributed by atoms with Gasteiger partial charge in [-0.05, 0) is 44.4 Å². The molecule has 26 heavy (non-hydrogen) atoms. The highest BCUT2D eigenvalue weighted by Crippen LogP contribution is 2.47. The van der Waals surface area contributed by atoms with Gasteiger partial charge < -0.3 is 14.8 Å². The van der Waals surface area contributed by atoms with Crippen molar-refractivity contribution in [1.29, 1.82) is 0 Å². The molecule has 2 fully saturated rings. The van der Waals surface area contributed by atoms with Crippen LogP contribution < -0.4 is 5.32 Å². The molecule has 3 atom stereocenters. The third-order valence-corrected chi connectivity index (χ3v) is 5.31. The van der Waals surface area contributed by atoms with E-state index in [1.54, 1.807) is 0 Å². The van der Waals surface area contributed by atoms with Gasteiger partial charge >= 0.3 is 0 Å². The van der Waals surface area contributed by atoms with Crippen LogP contribution in [0.3, 0.4) is 0 Å². The number of aromatic amines is 1. The average Bonchev–Trinajstić information content (AvgIpc) is 3.53. The highest BCUT2D eigenvalue weighted by molar-refractivity contribution is 6.31. The molecular weight excluding hydrogens is 354 g/mol. The largest absolute Gasteiger partial charge is 0.344 e. The fourth-order valence-corrected chi connectivity index (χ4v) is 3.44. The standard InChI is InChI=1S/C18H18ClN5O2/c1-8(18-23-15(24-26-18)9-2-3-9)20-17(25)12-7-11(12)16-21-13-5-4-10(19)6-14(13)22-16/h4-6,8-9,11-12H,2-3,7H2,1H3,(H,20,25)(H,21,22)/t8-,11-,12-/m1/s1. The van der Waals surface area contributed by atoms with Crippen molar-refractivity contribution in [2.75, 3.05) is 0 Å². The Kier molecular flexibility index (Phi) is 3.53. The Hall–Kier alpha value is -2.41. The topological polar surface area (TPSA) is 96.7 Å². The summed E-state index contributed by atoms with van der Waals surface area (Å²) in [5.74, 6) is 2.51. The predicted octanol–water partition coefficient (Wildman–Crippen LogP) is 3.46. The van der Waals surface area contributed by atoms with Gasteiger partial charge in [-0.2, -0.15) is 4.98 Å². The summed E-state index contributed by atoms with van der Waals surface area (Å²) in [6, 6.07) is 5.26. The van der Waals surface area contributed by atoms with Gasteiger partial charge in [0.05, 0.1) is 11.0 Å². The number of fused-ring (bicyclic) bond motifs is 1. The van der Waals surface area contributed by atoms with E-state index in [4.69, 9.17) is 16.1 Å². The summed E-state index contributed by atoms with van der Waals surface area (Å²) in [6.45, 7) is 1.86. The Morgan fingerprint density at radius 1 is 1.38 bits per heavy atom. The summed E-state index contributed by atoms with van der Waals surface area (Å²) < 4.78 is 5.28. The monoisotopic (exact) mass is 371 g/mol. The van der Waals surface area contributed by atoms with E-state index in [0.717, 1.165) is 41.9 Å². The summed E-state index contributed by atoms with van der Waals surface area (Å²) in [7, 11) is 0. The van der Waals surface area contributed by atoms with Crippen molar-refractivity contribution >= 4 is 28.5 Å². The van der Waals surface area contributed by atoms with Crippen LogP contribution in [0.2, 0.25) is 5.02 Å². The number of hydrogen-bond donors (Lipinski definition) is 2. The molecule has 2 aromatic heterocycles. The molecule has 2 saturated carbocycles. The molecule has 2 N–H and O–H groups in total. The van der Waals surface area contributed by atoms with E-state index in [-0.39, 0.29) is 23.8 Å². The summed E-state index contributed by atoms with van der Waals surface area (Å²) in [6.07, 6.45) is 3.02. The van der Waals surface area contributed by atoms with Crippen LogP contribution in [0.25, 0.3) is 11.0 Å². The van der Waals surface area contributed by atoms with E-state index in [0.29, 0.717) is 16.8 Å². The molecule has 2 aliphatic rings. The van der Waals surface area contributed by atoms with Crippen LogP contribution in [0.15, 0.2) is 22.7 Å². The molecule has 0 spiro atoms. The fourth-order valence-electron chi connectivity index (χ4n) is 3.27. The SMILES string of the molecule is C[C@@H](NC(=O)[C@@H]1C[C@H]1c1nc2cc(Cl)ccc2[nH]1)c1nc(C2CC2)no1. The van der Waals surface area contributed by atoms with Crippen LogP contribution in [-0.4, -0.2) is 26.0 Å². The molecule has 0 radical (unpaired) electrons. The van der Waals surface area contributed by atoms with Crippen LogP contribution in [0, 0.1) is 5.92 Å². The summed E-state index contributed by atoms with van der Waals surface area (Å²) in [5, 5.41) is 7.63. The van der Waals surface area contributed by atoms with E-state index >= 15 is 0 Å². The van der Waals surface area contributed by atoms with Gasteiger partial charge in [0, 0.05) is 22.8 Å². The number of halogens is 1. The maximum absolute atomic E-state index is 12.5. The Bertz CT molecular complexity index is 993. The maximum atomic E-state index is 12.5. The third kappa shape index (κ3) is 2.86. The number of rotatable bonds is 5. The number of nitrogens with one attached hydrogen (secondary N) is 2. The lowest BCUT2D eigenvalue weighted by molar-refractivity contribution is -0.123. The second-order valence-corrected chi connectivity index (χ2v) is 7.66. The van der Waals surface area contributed by atoms with Gasteiger partial charge in [-0.25, -0.2) is 4.98 Å². The van der Waals surface area contributed by atoms with Crippen LogP contribution in [-0.2, 0) is 4.79 Å². The normalized spacial score (nSPS) is 23.2. The molecule has 1 aromatic carbocycles. The molecular formula is C18H18ClN5O2. The lowest BCUT2D eigenvalue weighted by atomic mass is 10.2. The van der Waals surface area contributed by atoms with E-state index in [1.165, 1.54) is 0 Å². The second kappa shape index (κ2) is 5.81. The molecule has 7 nitrogen and oxygen atoms in total. The van der Waals surface area contributed by atoms with E-state index in [9.17, 15) is 4.79 Å². The number of imidazole rings is 1. The lowest BCUT2D eigenvalue weighted by Crippen LogP contribution is -2.28. The zero-order chi connectivity index (χ0) is 17.8. The highest BCUT2D eigenvalue weighted by atomic mass is 35.5. The van der Waals surface area contributed by atoms with Crippen molar-refractivity contribution in [3.8, 4) is 0 Å². The van der Waals surface area contributed by atoms with Crippen LogP contribution in [0.4, 0.5) is 0 Å². The predicted molar refractivity (Wildman–Crippen MR) is 94.8 cm³/mol. The van der Waals surface area contributed by atoms with Gasteiger partial charge in [0.15, 0.2) is 5.82 Å². The number of benzene rings is 1. The van der Waals surface area contributed by atoms with Crippen LogP contribution in [0.5, 0.6) is 0 Å². The molecule has 0 bridgehead atoms. The van der Waals surface area contributed by atoms with Gasteiger partial charge in [-0.1, -0.05) is 16.8 Å². The first-order valence-electron chi connectivity index (χ1n) is 8.87. The summed E-state index contributed by atoms with van der Waals surface area (Å²) >= 11 is 6.00. The average molecular weight is 372 g/mol. The van der Waals surface area contributed by atoms with Crippen molar-refractivity contribution in [3.05, 3.63) is 40.8 Å². The first-order chi connectivity index (χ1) is 12.6. The van der Waals surface area contributed by atoms with Crippen molar-refractivity contribution < 1.29 is 9.32 Å². The van der Waals surface area contributed by atoms with Crippen LogP contribution in [0.1, 0.15) is 61.6 Å². The lowest BCUT2D eigenvalue weighted by Gasteiger charge is -2.09. The van der Waals surface area contributed by atoms with Gasteiger partial charge in [-0.3, -0.25) is 4.79 Å². The molecule has 0 aliphatic heterocycles. The minimum absolute atomic E-state index is 0.00726. The number of amides is 1. The Morgan fingerprint density at radius 3 is 3.04 bits per heavy atom. The Balaban J connectivity index is 1.24. The molecule has 1 amide bonds. The fraction of sp³-hybridized carbons (Fsp3) is 0.444. The number of carbonyl (C=O) groups is 1. The Morgan fingerprint density at radius 2 is 2.23 bits per heavy atom. The van der Waals surface area contributed by atoms with Crippen molar-refractivity contribution in [2.24, 2.45) is 5.92 Å². The molecule has 5 rings (SSSR count). The van der Waals surface area contributed by atoms with Gasteiger partial charge in [0.2, 0.25) is 11.8 Å². The van der Waals surface area contributed by atoms with E-state index < -0.39 is 0 Å². The number of H-pyrrole nitrogens is 1. The smallest absolute Gasteiger partial charge is 0.248 e. The number of hydrogen-bond acceptors (Lipinski definition) is 5. The second-order valence-electron chi connectivity index (χ2n) is 7.23. The van der Waals surface area contributed by atoms with Gasteiger partial charge in [-0.15, -0.1) is 0 Å². The molecule has 0 unspecified atom stereocenters. The number of carbonyl (C=O) groups excluding carboxylic acids is 1. The summed E-state index contributed by atoms with van der Waals surface area (Å²) in [5.41, 5.74) is 1.76. The van der Waals surface area contributed by atoms with Crippen LogP contribution >= 0.6 is 11.6 Å². The number of nitrogens with zero attached hydrogens (tertiary/aromatic N) is 3. The minimum Gasteiger partial charge on any atom is -0.344 e. The molecule has 2 heterocycles. The van der Waals surface area contributed by atoms with Crippen molar-refractivity contribution in [1.82, 2.24) is 25.4 Å². The van der Waals surface area contributed by atoms with E-state index in [2.05, 4.69) is 25.4 Å². The van der Waals surface area contributed by atoms with E-state index in [1.807, 2.05) is 25.1 Å². The van der Waals surface area contributed by atoms with Gasteiger partial charge in [0.25, 0.3) is 0 Å². The first-order valence-corrected chi connectivity index (χ1v) is 9.25. The molecule has 0 saturated heterocycles. The molecule has 2 aliphatic carbocycles. The highest BCUT2D eigenvalue weighted by Gasteiger charge is 2.46. The number of aromatic nitrogens is 4. The Labute approximate surface area is 154 Å². The molecule has 3 aromatic rings. The van der Waals surface area contributed by atoms with Crippen molar-refractivity contribution in [3.63, 3.8) is 0 Å². The quantitative estimate of drug-likeness (QED) is 0.715. The van der Waals surface area contributed by atoms with Gasteiger partial charge in [0.1, 0.15) is 11.9 Å². The zero-order valence-corrected chi connectivity index (χ0v) is 15.0.